The predicted octanol–water partition coefficient (Wildman–Crippen LogP) is 3.58. The molecule has 21 heavy (non-hydrogen) atoms. The fraction of sp³-hybridized carbons (Fsp3) is 0. The van der Waals surface area contributed by atoms with Crippen LogP contribution in [0, 0.1) is 5.82 Å². The quantitative estimate of drug-likeness (QED) is 0.644. The van der Waals surface area contributed by atoms with Gasteiger partial charge in [0.1, 0.15) is 0 Å². The molecule has 106 valence electrons. The van der Waals surface area contributed by atoms with Crippen molar-refractivity contribution >= 4 is 38.3 Å². The molecule has 0 fully saturated rings. The molecule has 3 aromatic rings. The van der Waals surface area contributed by atoms with Crippen LogP contribution in [0.1, 0.15) is 10.4 Å². The van der Waals surface area contributed by atoms with Gasteiger partial charge in [-0.1, -0.05) is 11.3 Å². The van der Waals surface area contributed by atoms with Crippen molar-refractivity contribution in [3.05, 3.63) is 47.8 Å². The molecule has 0 aliphatic heterocycles. The van der Waals surface area contributed by atoms with E-state index in [1.807, 2.05) is 0 Å². The zero-order chi connectivity index (χ0) is 15.0. The fourth-order valence-electron chi connectivity index (χ4n) is 1.82. The second kappa shape index (κ2) is 5.02. The van der Waals surface area contributed by atoms with Crippen LogP contribution in [0.5, 0.6) is 5.75 Å². The van der Waals surface area contributed by atoms with E-state index in [-0.39, 0.29) is 5.56 Å². The van der Waals surface area contributed by atoms with Crippen LogP contribution in [-0.2, 0) is 0 Å². The number of carboxylic acids is 1. The second-order valence-corrected chi connectivity index (χ2v) is 5.33. The van der Waals surface area contributed by atoms with Gasteiger partial charge in [0.2, 0.25) is 0 Å². The molecule has 0 aliphatic carbocycles. The predicted molar refractivity (Wildman–Crippen MR) is 77.9 cm³/mol. The minimum atomic E-state index is -1.000. The number of aromatic carboxylic acids is 1. The van der Waals surface area contributed by atoms with E-state index in [1.165, 1.54) is 35.6 Å². The second-order valence-electron chi connectivity index (χ2n) is 4.30. The van der Waals surface area contributed by atoms with Crippen molar-refractivity contribution in [3.8, 4) is 5.75 Å². The molecule has 0 radical (unpaired) electrons. The van der Waals surface area contributed by atoms with Crippen LogP contribution in [0.25, 0.3) is 10.2 Å². The van der Waals surface area contributed by atoms with Gasteiger partial charge in [0.05, 0.1) is 15.8 Å². The van der Waals surface area contributed by atoms with Gasteiger partial charge in [-0.2, -0.15) is 0 Å². The lowest BCUT2D eigenvalue weighted by Gasteiger charge is -2.02. The Morgan fingerprint density at radius 1 is 1.24 bits per heavy atom. The van der Waals surface area contributed by atoms with Gasteiger partial charge >= 0.3 is 5.97 Å². The number of benzene rings is 2. The van der Waals surface area contributed by atoms with Crippen LogP contribution >= 0.6 is 11.3 Å². The molecule has 0 saturated heterocycles. The summed E-state index contributed by atoms with van der Waals surface area (Å²) in [6.45, 7) is 0. The van der Waals surface area contributed by atoms with Gasteiger partial charge in [-0.25, -0.2) is 14.2 Å². The van der Waals surface area contributed by atoms with Crippen molar-refractivity contribution < 1.29 is 19.4 Å². The van der Waals surface area contributed by atoms with Gasteiger partial charge in [0, 0.05) is 11.8 Å². The Bertz CT molecular complexity index is 847. The van der Waals surface area contributed by atoms with Crippen LogP contribution in [-0.4, -0.2) is 21.2 Å². The number of nitrogens with one attached hydrogen (secondary N) is 1. The maximum atomic E-state index is 13.3. The number of hydrogen-bond donors (Lipinski definition) is 3. The first kappa shape index (κ1) is 13.3. The van der Waals surface area contributed by atoms with E-state index >= 15 is 0 Å². The zero-order valence-electron chi connectivity index (χ0n) is 10.5. The van der Waals surface area contributed by atoms with E-state index in [0.717, 1.165) is 10.8 Å². The number of rotatable bonds is 3. The number of halogens is 1. The number of thiazole rings is 1. The number of fused-ring (bicyclic) bond motifs is 1. The highest BCUT2D eigenvalue weighted by Crippen LogP contribution is 2.30. The highest BCUT2D eigenvalue weighted by Gasteiger charge is 2.09. The third-order valence-electron chi connectivity index (χ3n) is 2.83. The van der Waals surface area contributed by atoms with Crippen molar-refractivity contribution in [2.75, 3.05) is 5.32 Å². The lowest BCUT2D eigenvalue weighted by molar-refractivity contribution is 0.0697. The molecule has 2 aromatic carbocycles. The Morgan fingerprint density at radius 3 is 2.76 bits per heavy atom. The molecule has 1 aromatic heterocycles. The monoisotopic (exact) mass is 304 g/mol. The van der Waals surface area contributed by atoms with Crippen LogP contribution in [0.3, 0.4) is 0 Å². The first-order valence-corrected chi connectivity index (χ1v) is 6.74. The zero-order valence-corrected chi connectivity index (χ0v) is 11.3. The number of carboxylic acid groups (broad SMARTS) is 1. The van der Waals surface area contributed by atoms with Crippen molar-refractivity contribution in [3.63, 3.8) is 0 Å². The van der Waals surface area contributed by atoms with Gasteiger partial charge in [0.25, 0.3) is 0 Å². The number of hydrogen-bond acceptors (Lipinski definition) is 5. The molecule has 5 nitrogen and oxygen atoms in total. The molecule has 0 saturated carbocycles. The van der Waals surface area contributed by atoms with E-state index in [0.29, 0.717) is 16.3 Å². The Hall–Kier alpha value is -2.67. The Labute approximate surface area is 122 Å². The molecule has 7 heteroatoms. The maximum absolute atomic E-state index is 13.3. The van der Waals surface area contributed by atoms with Crippen LogP contribution in [0.4, 0.5) is 15.2 Å². The highest BCUT2D eigenvalue weighted by molar-refractivity contribution is 7.22. The maximum Gasteiger partial charge on any atom is 0.335 e. The summed E-state index contributed by atoms with van der Waals surface area (Å²) in [6, 6.07) is 8.56. The summed E-state index contributed by atoms with van der Waals surface area (Å²) >= 11 is 1.26. The number of anilines is 2. The van der Waals surface area contributed by atoms with Gasteiger partial charge in [-0.3, -0.25) is 0 Å². The third kappa shape index (κ3) is 2.63. The van der Waals surface area contributed by atoms with Crippen molar-refractivity contribution in [2.45, 2.75) is 0 Å². The Balaban J connectivity index is 1.93. The molecule has 0 unspecified atom stereocenters. The molecule has 0 atom stereocenters. The summed E-state index contributed by atoms with van der Waals surface area (Å²) in [5, 5.41) is 21.5. The number of aromatic hydroxyl groups is 1. The molecule has 1 heterocycles. The first-order valence-electron chi connectivity index (χ1n) is 5.92. The molecular formula is C14H9FN2O3S. The largest absolute Gasteiger partial charge is 0.505 e. The van der Waals surface area contributed by atoms with Crippen molar-refractivity contribution in [1.82, 2.24) is 4.98 Å². The van der Waals surface area contributed by atoms with E-state index < -0.39 is 17.5 Å². The molecule has 0 spiro atoms. The average molecular weight is 304 g/mol. The third-order valence-corrected chi connectivity index (χ3v) is 3.77. The molecule has 0 bridgehead atoms. The number of carbonyl (C=O) groups is 1. The number of phenols is 1. The lowest BCUT2D eigenvalue weighted by Crippen LogP contribution is -1.94. The summed E-state index contributed by atoms with van der Waals surface area (Å²) < 4.78 is 14.0. The van der Waals surface area contributed by atoms with Gasteiger partial charge in [-0.15, -0.1) is 0 Å². The van der Waals surface area contributed by atoms with E-state index in [4.69, 9.17) is 10.2 Å². The lowest BCUT2D eigenvalue weighted by atomic mass is 10.2. The molecular weight excluding hydrogens is 295 g/mol. The average Bonchev–Trinajstić information content (AvgIpc) is 2.84. The van der Waals surface area contributed by atoms with Crippen LogP contribution in [0.15, 0.2) is 36.4 Å². The number of phenolic OH excluding ortho intramolecular Hbond substituents is 1. The van der Waals surface area contributed by atoms with Crippen molar-refractivity contribution in [1.29, 1.82) is 0 Å². The molecule has 0 amide bonds. The van der Waals surface area contributed by atoms with Crippen molar-refractivity contribution in [2.24, 2.45) is 0 Å². The summed E-state index contributed by atoms with van der Waals surface area (Å²) in [5.41, 5.74) is 1.29. The molecule has 3 N–H and O–H groups in total. The SMILES string of the molecule is O=C(O)c1ccc2nc(Nc3ccc(O)c(F)c3)sc2c1. The minimum absolute atomic E-state index is 0.188. The van der Waals surface area contributed by atoms with Crippen LogP contribution in [0.2, 0.25) is 0 Å². The van der Waals surface area contributed by atoms with E-state index in [9.17, 15) is 9.18 Å². The van der Waals surface area contributed by atoms with Crippen LogP contribution < -0.4 is 5.32 Å². The Kier molecular flexibility index (Phi) is 3.19. The van der Waals surface area contributed by atoms with Gasteiger partial charge in [-0.05, 0) is 30.3 Å². The summed E-state index contributed by atoms with van der Waals surface area (Å²) in [4.78, 5) is 15.2. The molecule has 0 aliphatic rings. The first-order chi connectivity index (χ1) is 10.0. The minimum Gasteiger partial charge on any atom is -0.505 e. The Morgan fingerprint density at radius 2 is 2.05 bits per heavy atom. The summed E-state index contributed by atoms with van der Waals surface area (Å²) in [6.07, 6.45) is 0. The fourth-order valence-corrected chi connectivity index (χ4v) is 2.74. The standard InChI is InChI=1S/C14H9FN2O3S/c15-9-6-8(2-4-11(9)18)16-14-17-10-3-1-7(13(19)20)5-12(10)21-14/h1-6,18H,(H,16,17)(H,19,20). The van der Waals surface area contributed by atoms with E-state index in [1.54, 1.807) is 6.07 Å². The number of nitrogens with zero attached hydrogens (tertiary/aromatic N) is 1. The topological polar surface area (TPSA) is 82.5 Å². The summed E-state index contributed by atoms with van der Waals surface area (Å²) in [5.74, 6) is -2.15. The smallest absolute Gasteiger partial charge is 0.335 e. The summed E-state index contributed by atoms with van der Waals surface area (Å²) in [7, 11) is 0. The van der Waals surface area contributed by atoms with E-state index in [2.05, 4.69) is 10.3 Å². The van der Waals surface area contributed by atoms with Gasteiger partial charge in [0.15, 0.2) is 16.7 Å². The van der Waals surface area contributed by atoms with Gasteiger partial charge < -0.3 is 15.5 Å². The normalized spacial score (nSPS) is 10.7. The molecule has 3 rings (SSSR count). The highest BCUT2D eigenvalue weighted by atomic mass is 32.1. The number of aromatic nitrogens is 1.